The van der Waals surface area contributed by atoms with Gasteiger partial charge < -0.3 is 20.2 Å². The average Bonchev–Trinajstić information content (AvgIpc) is 2.99. The molecule has 0 spiro atoms. The summed E-state index contributed by atoms with van der Waals surface area (Å²) in [5, 5.41) is 4.95. The summed E-state index contributed by atoms with van der Waals surface area (Å²) in [6, 6.07) is -0.845. The second kappa shape index (κ2) is 6.80. The van der Waals surface area contributed by atoms with Gasteiger partial charge in [0.05, 0.1) is 12.1 Å². The van der Waals surface area contributed by atoms with E-state index in [1.807, 2.05) is 0 Å². The number of aldehydes is 2. The first kappa shape index (κ1) is 17.0. The summed E-state index contributed by atoms with van der Waals surface area (Å²) in [5.74, 6) is -2.04. The second-order valence-corrected chi connectivity index (χ2v) is 5.26. The van der Waals surface area contributed by atoms with Crippen LogP contribution in [0.25, 0.3) is 0 Å². The Bertz CT molecular complexity index is 585. The number of halogens is 3. The summed E-state index contributed by atoms with van der Waals surface area (Å²) in [5.41, 5.74) is -0.0413. The van der Waals surface area contributed by atoms with Crippen LogP contribution in [-0.4, -0.2) is 36.7 Å². The number of carbonyl (C=O) groups is 3. The van der Waals surface area contributed by atoms with Crippen LogP contribution < -0.4 is 10.6 Å². The van der Waals surface area contributed by atoms with Crippen molar-refractivity contribution in [2.45, 2.75) is 31.1 Å². The van der Waals surface area contributed by atoms with Crippen LogP contribution in [0, 0.1) is 5.92 Å². The van der Waals surface area contributed by atoms with E-state index in [9.17, 15) is 27.6 Å². The molecule has 8 heteroatoms. The minimum Gasteiger partial charge on any atom is -0.374 e. The zero-order chi connectivity index (χ0) is 17.0. The van der Waals surface area contributed by atoms with Gasteiger partial charge in [-0.2, -0.15) is 13.2 Å². The molecule has 0 bridgehead atoms. The Labute approximate surface area is 130 Å². The molecule has 124 valence electrons. The van der Waals surface area contributed by atoms with Gasteiger partial charge in [-0.3, -0.25) is 4.79 Å². The Morgan fingerprint density at radius 1 is 1.26 bits per heavy atom. The summed E-state index contributed by atoms with van der Waals surface area (Å²) in [6.45, 7) is 0. The maximum absolute atomic E-state index is 12.6. The van der Waals surface area contributed by atoms with Crippen molar-refractivity contribution in [1.82, 2.24) is 10.6 Å². The van der Waals surface area contributed by atoms with Gasteiger partial charge in [-0.05, 0) is 18.4 Å². The summed E-state index contributed by atoms with van der Waals surface area (Å²) in [7, 11) is 0. The molecule has 1 heterocycles. The number of hydrogen-bond acceptors (Lipinski definition) is 4. The maximum atomic E-state index is 12.6. The number of hydrogen-bond donors (Lipinski definition) is 2. The largest absolute Gasteiger partial charge is 0.430 e. The normalized spacial score (nSPS) is 23.8. The first-order valence-electron chi connectivity index (χ1n) is 6.98. The van der Waals surface area contributed by atoms with Crippen molar-refractivity contribution in [2.75, 3.05) is 0 Å². The van der Waals surface area contributed by atoms with E-state index in [1.54, 1.807) is 18.2 Å². The van der Waals surface area contributed by atoms with Gasteiger partial charge in [0.25, 0.3) is 0 Å². The van der Waals surface area contributed by atoms with Gasteiger partial charge >= 0.3 is 6.18 Å². The van der Waals surface area contributed by atoms with Gasteiger partial charge in [0.15, 0.2) is 0 Å². The van der Waals surface area contributed by atoms with Crippen molar-refractivity contribution in [3.05, 3.63) is 35.6 Å². The van der Waals surface area contributed by atoms with Crippen LogP contribution >= 0.6 is 0 Å². The molecule has 1 aliphatic carbocycles. The zero-order valence-electron chi connectivity index (χ0n) is 12.0. The Kier molecular flexibility index (Phi) is 5.02. The molecular weight excluding hydrogens is 313 g/mol. The van der Waals surface area contributed by atoms with Crippen LogP contribution in [0.3, 0.4) is 0 Å². The summed E-state index contributed by atoms with van der Waals surface area (Å²) < 4.78 is 37.7. The van der Waals surface area contributed by atoms with Gasteiger partial charge in [0.2, 0.25) is 5.91 Å². The van der Waals surface area contributed by atoms with E-state index in [1.165, 1.54) is 0 Å². The lowest BCUT2D eigenvalue weighted by molar-refractivity contribution is -0.132. The van der Waals surface area contributed by atoms with Crippen LogP contribution in [0.1, 0.15) is 12.8 Å². The molecule has 2 aliphatic rings. The predicted molar refractivity (Wildman–Crippen MR) is 75.1 cm³/mol. The Hall–Kier alpha value is -2.38. The fourth-order valence-corrected chi connectivity index (χ4v) is 2.40. The number of rotatable bonds is 5. The number of nitrogens with one attached hydrogen (secondary N) is 2. The third-order valence-corrected chi connectivity index (χ3v) is 3.65. The molecule has 0 aromatic rings. The van der Waals surface area contributed by atoms with E-state index >= 15 is 0 Å². The highest BCUT2D eigenvalue weighted by atomic mass is 19.4. The Morgan fingerprint density at radius 2 is 1.96 bits per heavy atom. The Balaban J connectivity index is 1.89. The van der Waals surface area contributed by atoms with Crippen LogP contribution in [0.15, 0.2) is 35.6 Å². The lowest BCUT2D eigenvalue weighted by Crippen LogP contribution is -2.40. The standard InChI is InChI=1S/C15H15F3N2O3/c16-15(17,18)13-6-5-12(20-13)9-1-3-11(4-2-9)19-14(23)10(7-21)8-22/h1-3,6-8,10-12,20H,4-5H2,(H,19,23). The van der Waals surface area contributed by atoms with E-state index in [-0.39, 0.29) is 19.0 Å². The SMILES string of the molecule is O=CC(C=O)C(=O)NC1C=CC(C2CC=C(C(F)(F)F)N2)=CC1. The Morgan fingerprint density at radius 3 is 2.43 bits per heavy atom. The highest BCUT2D eigenvalue weighted by Gasteiger charge is 2.38. The smallest absolute Gasteiger partial charge is 0.374 e. The van der Waals surface area contributed by atoms with Crippen LogP contribution in [-0.2, 0) is 14.4 Å². The minimum atomic E-state index is -4.39. The lowest BCUT2D eigenvalue weighted by atomic mass is 9.96. The molecule has 5 nitrogen and oxygen atoms in total. The van der Waals surface area contributed by atoms with E-state index in [2.05, 4.69) is 10.6 Å². The van der Waals surface area contributed by atoms with E-state index < -0.39 is 35.8 Å². The molecular formula is C15H15F3N2O3. The third-order valence-electron chi connectivity index (χ3n) is 3.65. The fraction of sp³-hybridized carbons (Fsp3) is 0.400. The summed E-state index contributed by atoms with van der Waals surface area (Å²) in [4.78, 5) is 32.6. The van der Waals surface area contributed by atoms with Crippen molar-refractivity contribution >= 4 is 18.5 Å². The zero-order valence-corrected chi connectivity index (χ0v) is 12.0. The minimum absolute atomic E-state index is 0.237. The first-order valence-corrected chi connectivity index (χ1v) is 6.98. The van der Waals surface area contributed by atoms with Gasteiger partial charge in [0, 0.05) is 0 Å². The monoisotopic (exact) mass is 328 g/mol. The van der Waals surface area contributed by atoms with Crippen LogP contribution in [0.4, 0.5) is 13.2 Å². The molecule has 2 rings (SSSR count). The number of amides is 1. The molecule has 0 saturated carbocycles. The molecule has 1 aliphatic heterocycles. The van der Waals surface area contributed by atoms with E-state index in [0.717, 1.165) is 6.08 Å². The fourth-order valence-electron chi connectivity index (χ4n) is 2.40. The quantitative estimate of drug-likeness (QED) is 0.587. The average molecular weight is 328 g/mol. The molecule has 2 N–H and O–H groups in total. The number of alkyl halides is 3. The first-order chi connectivity index (χ1) is 10.8. The molecule has 2 unspecified atom stereocenters. The third kappa shape index (κ3) is 4.08. The topological polar surface area (TPSA) is 75.3 Å². The van der Waals surface area contributed by atoms with Crippen molar-refractivity contribution in [3.8, 4) is 0 Å². The lowest BCUT2D eigenvalue weighted by Gasteiger charge is -2.22. The van der Waals surface area contributed by atoms with Gasteiger partial charge in [-0.15, -0.1) is 0 Å². The predicted octanol–water partition coefficient (Wildman–Crippen LogP) is 1.18. The molecule has 0 radical (unpaired) electrons. The van der Waals surface area contributed by atoms with Crippen molar-refractivity contribution in [1.29, 1.82) is 0 Å². The van der Waals surface area contributed by atoms with Crippen LogP contribution in [0.5, 0.6) is 0 Å². The van der Waals surface area contributed by atoms with Crippen molar-refractivity contribution in [3.63, 3.8) is 0 Å². The van der Waals surface area contributed by atoms with Gasteiger partial charge in [-0.1, -0.05) is 24.3 Å². The molecule has 0 fully saturated rings. The molecule has 0 aromatic carbocycles. The summed E-state index contributed by atoms with van der Waals surface area (Å²) >= 11 is 0. The van der Waals surface area contributed by atoms with Crippen molar-refractivity contribution in [2.24, 2.45) is 5.92 Å². The summed E-state index contributed by atoms with van der Waals surface area (Å²) in [6.07, 6.45) is 2.85. The molecule has 2 atom stereocenters. The van der Waals surface area contributed by atoms with E-state index in [0.29, 0.717) is 12.0 Å². The highest BCUT2D eigenvalue weighted by molar-refractivity contribution is 6.04. The van der Waals surface area contributed by atoms with Gasteiger partial charge in [-0.25, -0.2) is 0 Å². The molecule has 23 heavy (non-hydrogen) atoms. The molecule has 1 amide bonds. The molecule has 0 aromatic heterocycles. The maximum Gasteiger partial charge on any atom is 0.430 e. The van der Waals surface area contributed by atoms with Crippen LogP contribution in [0.2, 0.25) is 0 Å². The number of allylic oxidation sites excluding steroid dienone is 1. The highest BCUT2D eigenvalue weighted by Crippen LogP contribution is 2.30. The number of carbonyl (C=O) groups excluding carboxylic acids is 3. The van der Waals surface area contributed by atoms with Crippen molar-refractivity contribution < 1.29 is 27.6 Å². The molecule has 0 saturated heterocycles. The second-order valence-electron chi connectivity index (χ2n) is 5.26. The van der Waals surface area contributed by atoms with E-state index in [4.69, 9.17) is 0 Å². The van der Waals surface area contributed by atoms with Gasteiger partial charge in [0.1, 0.15) is 24.2 Å².